The Kier molecular flexibility index (Phi) is 12.4. The fourth-order valence-corrected chi connectivity index (χ4v) is 2.69. The molecule has 170 valence electrons. The lowest BCUT2D eigenvalue weighted by Crippen LogP contribution is -2.30. The van der Waals surface area contributed by atoms with Crippen LogP contribution in [0.4, 0.5) is 5.69 Å². The molecule has 2 rings (SSSR count). The minimum atomic E-state index is -0.446. The van der Waals surface area contributed by atoms with Crippen LogP contribution in [0, 0.1) is 0 Å². The number of esters is 1. The summed E-state index contributed by atoms with van der Waals surface area (Å²) in [5, 5.41) is 6.45. The molecule has 0 aromatic heterocycles. The van der Waals surface area contributed by atoms with Gasteiger partial charge in [0.2, 0.25) is 0 Å². The first-order valence-corrected chi connectivity index (χ1v) is 9.56. The van der Waals surface area contributed by atoms with Crippen LogP contribution in [-0.4, -0.2) is 53.5 Å². The van der Waals surface area contributed by atoms with Crippen molar-refractivity contribution in [3.8, 4) is 11.5 Å². The number of anilines is 1. The highest BCUT2D eigenvalue weighted by atomic mass is 127. The zero-order valence-electron chi connectivity index (χ0n) is 18.3. The van der Waals surface area contributed by atoms with E-state index in [-0.39, 0.29) is 24.0 Å². The molecule has 0 fully saturated rings. The highest BCUT2D eigenvalue weighted by Gasteiger charge is 2.13. The van der Waals surface area contributed by atoms with Crippen molar-refractivity contribution in [3.63, 3.8) is 0 Å². The minimum Gasteiger partial charge on any atom is -0.496 e. The summed E-state index contributed by atoms with van der Waals surface area (Å²) in [7, 11) is 6.22. The number of halogens is 1. The summed E-state index contributed by atoms with van der Waals surface area (Å²) in [5.41, 5.74) is 2.10. The number of nitrogens with zero attached hydrogens (tertiary/aromatic N) is 1. The summed E-state index contributed by atoms with van der Waals surface area (Å²) in [4.78, 5) is 16.2. The maximum absolute atomic E-state index is 11.9. The molecule has 0 radical (unpaired) electrons. The third-order valence-corrected chi connectivity index (χ3v) is 4.21. The molecule has 0 saturated heterocycles. The van der Waals surface area contributed by atoms with E-state index in [1.54, 1.807) is 26.3 Å². The summed E-state index contributed by atoms with van der Waals surface area (Å²) < 4.78 is 20.8. The quantitative estimate of drug-likeness (QED) is 0.155. The van der Waals surface area contributed by atoms with E-state index in [2.05, 4.69) is 15.6 Å². The number of hydrogen-bond acceptors (Lipinski definition) is 6. The molecule has 0 bridgehead atoms. The molecule has 2 N–H and O–H groups in total. The number of hydrogen-bond donors (Lipinski definition) is 2. The number of carbonyl (C=O) groups excluding carboxylic acids is 1. The monoisotopic (exact) mass is 543 g/mol. The largest absolute Gasteiger partial charge is 0.496 e. The predicted octanol–water partition coefficient (Wildman–Crippen LogP) is 3.70. The normalized spacial score (nSPS) is 10.6. The number of methoxy groups -OCH3 is 3. The number of carbonyl (C=O) groups is 1. The van der Waals surface area contributed by atoms with Crippen molar-refractivity contribution in [2.75, 3.05) is 46.9 Å². The van der Waals surface area contributed by atoms with E-state index < -0.39 is 5.97 Å². The number of aliphatic imine (C=N–C) groups is 1. The van der Waals surface area contributed by atoms with Crippen LogP contribution in [0.2, 0.25) is 0 Å². The molecule has 0 aliphatic heterocycles. The van der Waals surface area contributed by atoms with E-state index in [1.807, 2.05) is 30.3 Å². The number of ether oxygens (including phenoxy) is 4. The van der Waals surface area contributed by atoms with Crippen molar-refractivity contribution < 1.29 is 23.7 Å². The fourth-order valence-electron chi connectivity index (χ4n) is 2.69. The van der Waals surface area contributed by atoms with Gasteiger partial charge in [0.1, 0.15) is 17.1 Å². The third kappa shape index (κ3) is 8.62. The zero-order valence-corrected chi connectivity index (χ0v) is 20.6. The highest BCUT2D eigenvalue weighted by Crippen LogP contribution is 2.21. The van der Waals surface area contributed by atoms with Gasteiger partial charge in [-0.3, -0.25) is 4.99 Å². The lowest BCUT2D eigenvalue weighted by atomic mass is 10.1. The standard InChI is InChI=1S/C22H29N3O5.HI/c1-23-22(25-17-7-5-8-18(14-17)30-12-6-11-27-2)24-15-16-9-10-20(28-3)19(13-16)21(26)29-4;/h5,7-10,13-14H,6,11-12,15H2,1-4H3,(H2,23,24,25);1H. The first-order valence-electron chi connectivity index (χ1n) is 9.56. The molecular formula is C22H30IN3O5. The number of rotatable bonds is 10. The molecule has 0 heterocycles. The Labute approximate surface area is 200 Å². The molecule has 0 spiro atoms. The Hall–Kier alpha value is -2.53. The van der Waals surface area contributed by atoms with Gasteiger partial charge in [-0.25, -0.2) is 4.79 Å². The van der Waals surface area contributed by atoms with Crippen LogP contribution in [0.5, 0.6) is 11.5 Å². The lowest BCUT2D eigenvalue weighted by Gasteiger charge is -2.14. The Morgan fingerprint density at radius 1 is 1.06 bits per heavy atom. The van der Waals surface area contributed by atoms with Crippen molar-refractivity contribution >= 4 is 41.6 Å². The van der Waals surface area contributed by atoms with E-state index in [9.17, 15) is 4.79 Å². The van der Waals surface area contributed by atoms with Crippen molar-refractivity contribution in [2.24, 2.45) is 4.99 Å². The van der Waals surface area contributed by atoms with E-state index >= 15 is 0 Å². The Bertz CT molecular complexity index is 861. The van der Waals surface area contributed by atoms with Crippen molar-refractivity contribution in [1.82, 2.24) is 5.32 Å². The van der Waals surface area contributed by atoms with Gasteiger partial charge in [-0.05, 0) is 29.8 Å². The second-order valence-electron chi connectivity index (χ2n) is 6.30. The van der Waals surface area contributed by atoms with Gasteiger partial charge in [0.15, 0.2) is 5.96 Å². The maximum Gasteiger partial charge on any atom is 0.341 e. The third-order valence-electron chi connectivity index (χ3n) is 4.21. The van der Waals surface area contributed by atoms with Gasteiger partial charge in [-0.1, -0.05) is 12.1 Å². The average molecular weight is 543 g/mol. The lowest BCUT2D eigenvalue weighted by molar-refractivity contribution is 0.0597. The Morgan fingerprint density at radius 3 is 2.55 bits per heavy atom. The summed E-state index contributed by atoms with van der Waals surface area (Å²) in [6.45, 7) is 1.71. The first kappa shape index (κ1) is 26.5. The summed E-state index contributed by atoms with van der Waals surface area (Å²) >= 11 is 0. The fraction of sp³-hybridized carbons (Fsp3) is 0.364. The molecule has 8 nitrogen and oxygen atoms in total. The van der Waals surface area contributed by atoms with Crippen LogP contribution >= 0.6 is 24.0 Å². The number of guanidine groups is 1. The topological polar surface area (TPSA) is 90.4 Å². The van der Waals surface area contributed by atoms with Crippen LogP contribution in [0.15, 0.2) is 47.5 Å². The molecule has 0 aliphatic carbocycles. The first-order chi connectivity index (χ1) is 14.6. The van der Waals surface area contributed by atoms with E-state index in [4.69, 9.17) is 18.9 Å². The van der Waals surface area contributed by atoms with Crippen LogP contribution in [0.3, 0.4) is 0 Å². The number of benzene rings is 2. The maximum atomic E-state index is 11.9. The molecule has 9 heteroatoms. The van der Waals surface area contributed by atoms with Gasteiger partial charge >= 0.3 is 5.97 Å². The van der Waals surface area contributed by atoms with Crippen LogP contribution < -0.4 is 20.1 Å². The van der Waals surface area contributed by atoms with Crippen LogP contribution in [-0.2, 0) is 16.0 Å². The SMILES string of the molecule is CN=C(NCc1ccc(OC)c(C(=O)OC)c1)Nc1cccc(OCCCOC)c1.I. The predicted molar refractivity (Wildman–Crippen MR) is 132 cm³/mol. The molecular weight excluding hydrogens is 513 g/mol. The van der Waals surface area contributed by atoms with Gasteiger partial charge in [0.05, 0.1) is 20.8 Å². The Balaban J connectivity index is 0.00000480. The summed E-state index contributed by atoms with van der Waals surface area (Å²) in [6.07, 6.45) is 0.826. The smallest absolute Gasteiger partial charge is 0.341 e. The van der Waals surface area contributed by atoms with Gasteiger partial charge in [-0.2, -0.15) is 0 Å². The highest BCUT2D eigenvalue weighted by molar-refractivity contribution is 14.0. The summed E-state index contributed by atoms with van der Waals surface area (Å²) in [5.74, 6) is 1.38. The molecule has 0 atom stereocenters. The van der Waals surface area contributed by atoms with Crippen molar-refractivity contribution in [1.29, 1.82) is 0 Å². The molecule has 0 amide bonds. The average Bonchev–Trinajstić information content (AvgIpc) is 2.79. The molecule has 0 unspecified atom stereocenters. The van der Waals surface area contributed by atoms with Crippen LogP contribution in [0.25, 0.3) is 0 Å². The van der Waals surface area contributed by atoms with Crippen LogP contribution in [0.1, 0.15) is 22.3 Å². The van der Waals surface area contributed by atoms with Crippen molar-refractivity contribution in [2.45, 2.75) is 13.0 Å². The van der Waals surface area contributed by atoms with Gasteiger partial charge in [0.25, 0.3) is 0 Å². The molecule has 2 aromatic carbocycles. The van der Waals surface area contributed by atoms with Gasteiger partial charge < -0.3 is 29.6 Å². The molecule has 0 aliphatic rings. The molecule has 0 saturated carbocycles. The van der Waals surface area contributed by atoms with Crippen molar-refractivity contribution in [3.05, 3.63) is 53.6 Å². The summed E-state index contributed by atoms with van der Waals surface area (Å²) in [6, 6.07) is 13.0. The number of nitrogens with one attached hydrogen (secondary N) is 2. The van der Waals surface area contributed by atoms with E-state index in [0.717, 1.165) is 23.4 Å². The Morgan fingerprint density at radius 2 is 1.87 bits per heavy atom. The molecule has 31 heavy (non-hydrogen) atoms. The second-order valence-corrected chi connectivity index (χ2v) is 6.30. The zero-order chi connectivity index (χ0) is 21.8. The molecule has 2 aromatic rings. The minimum absolute atomic E-state index is 0. The van der Waals surface area contributed by atoms with E-state index in [1.165, 1.54) is 14.2 Å². The van der Waals surface area contributed by atoms with E-state index in [0.29, 0.717) is 37.0 Å². The second kappa shape index (κ2) is 14.5. The van der Waals surface area contributed by atoms with Gasteiger partial charge in [-0.15, -0.1) is 24.0 Å². The van der Waals surface area contributed by atoms with Gasteiger partial charge in [0, 0.05) is 45.5 Å².